The highest BCUT2D eigenvalue weighted by Gasteiger charge is 2.09. The van der Waals surface area contributed by atoms with Crippen LogP contribution >= 0.6 is 35.6 Å². The van der Waals surface area contributed by atoms with Crippen molar-refractivity contribution in [2.75, 3.05) is 20.7 Å². The Labute approximate surface area is 207 Å². The van der Waals surface area contributed by atoms with E-state index >= 15 is 0 Å². The number of carbonyl (C=O) groups excluding carboxylic acids is 1. The van der Waals surface area contributed by atoms with Crippen LogP contribution in [0.15, 0.2) is 47.5 Å². The van der Waals surface area contributed by atoms with Gasteiger partial charge in [0.2, 0.25) is 0 Å². The summed E-state index contributed by atoms with van der Waals surface area (Å²) < 4.78 is 5.18. The Morgan fingerprint density at radius 1 is 1.19 bits per heavy atom. The van der Waals surface area contributed by atoms with E-state index in [0.717, 1.165) is 29.7 Å². The van der Waals surface area contributed by atoms with Crippen molar-refractivity contribution in [1.82, 2.24) is 16.0 Å². The van der Waals surface area contributed by atoms with Crippen molar-refractivity contribution in [3.05, 3.63) is 64.2 Å². The van der Waals surface area contributed by atoms with E-state index in [1.54, 1.807) is 14.2 Å². The number of hydrogen-bond donors (Lipinski definition) is 3. The summed E-state index contributed by atoms with van der Waals surface area (Å²) in [5.74, 6) is 1.38. The molecule has 0 bridgehead atoms. The van der Waals surface area contributed by atoms with E-state index in [9.17, 15) is 4.79 Å². The highest BCUT2D eigenvalue weighted by Crippen LogP contribution is 2.22. The highest BCUT2D eigenvalue weighted by atomic mass is 127. The van der Waals surface area contributed by atoms with Crippen LogP contribution in [-0.2, 0) is 13.0 Å². The Kier molecular flexibility index (Phi) is 12.3. The third kappa shape index (κ3) is 8.95. The monoisotopic (exact) mass is 558 g/mol. The van der Waals surface area contributed by atoms with Crippen LogP contribution < -0.4 is 20.7 Å². The lowest BCUT2D eigenvalue weighted by atomic mass is 10.1. The molecule has 3 N–H and O–H groups in total. The molecule has 31 heavy (non-hydrogen) atoms. The van der Waals surface area contributed by atoms with Gasteiger partial charge in [-0.1, -0.05) is 36.7 Å². The largest absolute Gasteiger partial charge is 0.497 e. The molecule has 0 fully saturated rings. The molecule has 2 rings (SSSR count). The first-order valence-corrected chi connectivity index (χ1v) is 10.5. The van der Waals surface area contributed by atoms with Crippen LogP contribution in [0.5, 0.6) is 5.75 Å². The van der Waals surface area contributed by atoms with Crippen LogP contribution in [0.3, 0.4) is 0 Å². The zero-order valence-corrected chi connectivity index (χ0v) is 21.6. The van der Waals surface area contributed by atoms with Crippen LogP contribution in [0.4, 0.5) is 0 Å². The van der Waals surface area contributed by atoms with Gasteiger partial charge in [0, 0.05) is 36.8 Å². The van der Waals surface area contributed by atoms with Gasteiger partial charge >= 0.3 is 0 Å². The second-order valence-electron chi connectivity index (χ2n) is 7.04. The molecule has 0 aliphatic carbocycles. The second kappa shape index (κ2) is 14.1. The SMILES string of the molecule is CCC(C)NC(=O)c1cccc(CNC(=NC)NCCc2ccc(OC)cc2Cl)c1.I. The van der Waals surface area contributed by atoms with Gasteiger partial charge in [-0.3, -0.25) is 9.79 Å². The molecule has 2 aromatic carbocycles. The molecule has 0 radical (unpaired) electrons. The molecule has 0 saturated carbocycles. The van der Waals surface area contributed by atoms with Crippen molar-refractivity contribution < 1.29 is 9.53 Å². The van der Waals surface area contributed by atoms with E-state index in [-0.39, 0.29) is 35.9 Å². The minimum absolute atomic E-state index is 0. The standard InChI is InChI=1S/C23H31ClN4O2.HI/c1-5-16(2)28-22(29)19-8-6-7-17(13-19)15-27-23(25-3)26-12-11-18-9-10-20(30-4)14-21(18)24;/h6-10,13-14,16H,5,11-12,15H2,1-4H3,(H,28,29)(H2,25,26,27);1H. The minimum Gasteiger partial charge on any atom is -0.497 e. The normalized spacial score (nSPS) is 11.8. The molecule has 1 atom stereocenters. The Morgan fingerprint density at radius 2 is 1.97 bits per heavy atom. The number of nitrogens with one attached hydrogen (secondary N) is 3. The van der Waals surface area contributed by atoms with Crippen LogP contribution in [0.2, 0.25) is 5.02 Å². The number of rotatable bonds is 9. The molecule has 1 amide bonds. The molecular formula is C23H32ClIN4O2. The maximum Gasteiger partial charge on any atom is 0.251 e. The third-order valence-electron chi connectivity index (χ3n) is 4.81. The third-order valence-corrected chi connectivity index (χ3v) is 5.16. The number of nitrogens with zero attached hydrogens (tertiary/aromatic N) is 1. The van der Waals surface area contributed by atoms with Crippen LogP contribution in [0.1, 0.15) is 41.8 Å². The Hall–Kier alpha value is -2.00. The van der Waals surface area contributed by atoms with E-state index in [4.69, 9.17) is 16.3 Å². The number of halogens is 2. The summed E-state index contributed by atoms with van der Waals surface area (Å²) in [5, 5.41) is 10.2. The first-order chi connectivity index (χ1) is 14.5. The van der Waals surface area contributed by atoms with Crippen molar-refractivity contribution in [2.24, 2.45) is 4.99 Å². The number of carbonyl (C=O) groups is 1. The first-order valence-electron chi connectivity index (χ1n) is 10.1. The van der Waals surface area contributed by atoms with Gasteiger partial charge in [-0.15, -0.1) is 24.0 Å². The van der Waals surface area contributed by atoms with Crippen molar-refractivity contribution in [3.8, 4) is 5.75 Å². The molecule has 0 aliphatic heterocycles. The predicted octanol–water partition coefficient (Wildman–Crippen LogP) is 4.40. The fourth-order valence-electron chi connectivity index (χ4n) is 2.81. The van der Waals surface area contributed by atoms with Gasteiger partial charge in [0.15, 0.2) is 5.96 Å². The van der Waals surface area contributed by atoms with E-state index in [1.807, 2.05) is 56.3 Å². The summed E-state index contributed by atoms with van der Waals surface area (Å²) in [6.45, 7) is 5.29. The van der Waals surface area contributed by atoms with Gasteiger partial charge in [0.25, 0.3) is 5.91 Å². The van der Waals surface area contributed by atoms with E-state index in [2.05, 4.69) is 20.9 Å². The number of benzene rings is 2. The lowest BCUT2D eigenvalue weighted by Crippen LogP contribution is -2.38. The molecule has 6 nitrogen and oxygen atoms in total. The number of aliphatic imine (C=N–C) groups is 1. The summed E-state index contributed by atoms with van der Waals surface area (Å²) in [6, 6.07) is 13.4. The maximum atomic E-state index is 12.3. The Bertz CT molecular complexity index is 876. The van der Waals surface area contributed by atoms with Gasteiger partial charge in [-0.25, -0.2) is 0 Å². The summed E-state index contributed by atoms with van der Waals surface area (Å²) in [5.41, 5.74) is 2.71. The van der Waals surface area contributed by atoms with Crippen LogP contribution in [0.25, 0.3) is 0 Å². The second-order valence-corrected chi connectivity index (χ2v) is 7.45. The highest BCUT2D eigenvalue weighted by molar-refractivity contribution is 14.0. The Morgan fingerprint density at radius 3 is 2.61 bits per heavy atom. The van der Waals surface area contributed by atoms with E-state index in [1.165, 1.54) is 0 Å². The minimum atomic E-state index is -0.0509. The summed E-state index contributed by atoms with van der Waals surface area (Å²) in [6.07, 6.45) is 1.66. The lowest BCUT2D eigenvalue weighted by molar-refractivity contribution is 0.0939. The van der Waals surface area contributed by atoms with E-state index in [0.29, 0.717) is 29.6 Å². The molecule has 0 spiro atoms. The van der Waals surface area contributed by atoms with Gasteiger partial charge in [-0.05, 0) is 55.2 Å². The average molecular weight is 559 g/mol. The van der Waals surface area contributed by atoms with Crippen molar-refractivity contribution >= 4 is 47.4 Å². The quantitative estimate of drug-likeness (QED) is 0.242. The molecule has 0 aliphatic rings. The number of guanidine groups is 1. The molecule has 8 heteroatoms. The summed E-state index contributed by atoms with van der Waals surface area (Å²) >= 11 is 6.29. The fraction of sp³-hybridized carbons (Fsp3) is 0.391. The topological polar surface area (TPSA) is 74.8 Å². The molecule has 170 valence electrons. The molecule has 0 aromatic heterocycles. The van der Waals surface area contributed by atoms with Gasteiger partial charge in [0.1, 0.15) is 5.75 Å². The molecule has 2 aromatic rings. The number of hydrogen-bond acceptors (Lipinski definition) is 3. The van der Waals surface area contributed by atoms with Crippen LogP contribution in [0, 0.1) is 0 Å². The summed E-state index contributed by atoms with van der Waals surface area (Å²) in [7, 11) is 3.35. The average Bonchev–Trinajstić information content (AvgIpc) is 2.76. The van der Waals surface area contributed by atoms with Crippen molar-refractivity contribution in [3.63, 3.8) is 0 Å². The zero-order valence-electron chi connectivity index (χ0n) is 18.5. The number of methoxy groups -OCH3 is 1. The van der Waals surface area contributed by atoms with Gasteiger partial charge in [-0.2, -0.15) is 0 Å². The van der Waals surface area contributed by atoms with Gasteiger partial charge in [0.05, 0.1) is 7.11 Å². The summed E-state index contributed by atoms with van der Waals surface area (Å²) in [4.78, 5) is 16.6. The zero-order chi connectivity index (χ0) is 21.9. The van der Waals surface area contributed by atoms with E-state index < -0.39 is 0 Å². The smallest absolute Gasteiger partial charge is 0.251 e. The Balaban J connectivity index is 0.00000480. The van der Waals surface area contributed by atoms with Crippen molar-refractivity contribution in [1.29, 1.82) is 0 Å². The molecular weight excluding hydrogens is 527 g/mol. The fourth-order valence-corrected chi connectivity index (χ4v) is 3.08. The lowest BCUT2D eigenvalue weighted by Gasteiger charge is -2.14. The van der Waals surface area contributed by atoms with Crippen molar-refractivity contribution in [2.45, 2.75) is 39.3 Å². The molecule has 0 saturated heterocycles. The molecule has 1 unspecified atom stereocenters. The maximum absolute atomic E-state index is 12.3. The number of amides is 1. The first kappa shape index (κ1) is 27.0. The van der Waals surface area contributed by atoms with Gasteiger partial charge < -0.3 is 20.7 Å². The predicted molar refractivity (Wildman–Crippen MR) is 139 cm³/mol. The number of ether oxygens (including phenoxy) is 1. The van der Waals surface area contributed by atoms with Crippen LogP contribution in [-0.4, -0.2) is 38.6 Å². The molecule has 0 heterocycles.